The first-order valence-electron chi connectivity index (χ1n) is 11.2. The number of Topliss-reactive ketones (excluding diaryl/α,β-unsaturated/α-hetero) is 1. The van der Waals surface area contributed by atoms with Crippen LogP contribution in [0.1, 0.15) is 45.5 Å². The predicted octanol–water partition coefficient (Wildman–Crippen LogP) is 4.86. The monoisotopic (exact) mass is 515 g/mol. The summed E-state index contributed by atoms with van der Waals surface area (Å²) in [5.41, 5.74) is 1.01. The van der Waals surface area contributed by atoms with Gasteiger partial charge in [0.15, 0.2) is 12.4 Å². The summed E-state index contributed by atoms with van der Waals surface area (Å²) in [5, 5.41) is 4.18. The van der Waals surface area contributed by atoms with Crippen LogP contribution in [0.3, 0.4) is 0 Å². The van der Waals surface area contributed by atoms with Crippen molar-refractivity contribution in [1.29, 1.82) is 0 Å². The number of carbonyl (C=O) groups excluding carboxylic acids is 2. The Kier molecular flexibility index (Phi) is 7.57. The molecule has 1 fully saturated rings. The topological polar surface area (TPSA) is 99.8 Å². The highest BCUT2D eigenvalue weighted by atomic mass is 35.5. The molecule has 0 spiro atoms. The second-order valence-electron chi connectivity index (χ2n) is 8.20. The molecule has 8 nitrogen and oxygen atoms in total. The molecule has 0 saturated carbocycles. The van der Waals surface area contributed by atoms with Crippen molar-refractivity contribution in [3.8, 4) is 11.6 Å². The van der Waals surface area contributed by atoms with E-state index in [1.807, 2.05) is 6.07 Å². The van der Waals surface area contributed by atoms with Crippen molar-refractivity contribution in [2.45, 2.75) is 19.3 Å². The quantitative estimate of drug-likeness (QED) is 0.397. The number of nitrogens with zero attached hydrogens (tertiary/aromatic N) is 3. The van der Waals surface area contributed by atoms with Crippen LogP contribution in [-0.2, 0) is 16.8 Å². The van der Waals surface area contributed by atoms with Gasteiger partial charge in [-0.25, -0.2) is 8.89 Å². The van der Waals surface area contributed by atoms with E-state index in [1.165, 1.54) is 24.1 Å². The van der Waals surface area contributed by atoms with Gasteiger partial charge in [0.1, 0.15) is 17.0 Å². The number of aryl methyl sites for hydroxylation is 1. The number of rotatable bonds is 8. The summed E-state index contributed by atoms with van der Waals surface area (Å²) in [7, 11) is 0.600. The Morgan fingerprint density at radius 2 is 1.80 bits per heavy atom. The Morgan fingerprint density at radius 3 is 2.49 bits per heavy atom. The minimum atomic E-state index is -2.48. The van der Waals surface area contributed by atoms with Crippen molar-refractivity contribution >= 4 is 38.6 Å². The van der Waals surface area contributed by atoms with Crippen LogP contribution in [0, 0.1) is 0 Å². The number of hydrogen-bond acceptors (Lipinski definition) is 7. The van der Waals surface area contributed by atoms with Crippen LogP contribution in [-0.4, -0.2) is 50.8 Å². The van der Waals surface area contributed by atoms with E-state index in [4.69, 9.17) is 21.1 Å². The van der Waals surface area contributed by atoms with Gasteiger partial charge in [-0.3, -0.25) is 9.59 Å². The molecule has 0 unspecified atom stereocenters. The Balaban J connectivity index is 1.66. The van der Waals surface area contributed by atoms with E-state index in [0.29, 0.717) is 22.8 Å². The van der Waals surface area contributed by atoms with Crippen LogP contribution >= 0.6 is 11.6 Å². The van der Waals surface area contributed by atoms with E-state index in [-0.39, 0.29) is 40.1 Å². The molecule has 4 rings (SSSR count). The van der Waals surface area contributed by atoms with E-state index in [1.54, 1.807) is 37.4 Å². The number of aromatic nitrogens is 2. The highest BCUT2D eigenvalue weighted by molar-refractivity contribution is 7.93. The van der Waals surface area contributed by atoms with Crippen LogP contribution in [0.15, 0.2) is 53.0 Å². The molecule has 1 aliphatic rings. The summed E-state index contributed by atoms with van der Waals surface area (Å²) in [6, 6.07) is 11.9. The molecular formula is C25H26ClN3O5S. The van der Waals surface area contributed by atoms with Crippen molar-refractivity contribution in [2.75, 3.05) is 25.2 Å². The lowest BCUT2D eigenvalue weighted by molar-refractivity contribution is 0.0908. The maximum atomic E-state index is 13.5. The number of methoxy groups -OCH3 is 1. The third kappa shape index (κ3) is 5.41. The number of carbonyl (C=O) groups is 2. The molecule has 3 aromatic rings. The third-order valence-corrected chi connectivity index (χ3v) is 8.54. The molecule has 35 heavy (non-hydrogen) atoms. The first-order valence-corrected chi connectivity index (χ1v) is 13.4. The normalized spacial score (nSPS) is 14.8. The molecular weight excluding hydrogens is 490 g/mol. The van der Waals surface area contributed by atoms with Gasteiger partial charge >= 0.3 is 0 Å². The fourth-order valence-corrected chi connectivity index (χ4v) is 6.45. The first kappa shape index (κ1) is 24.9. The molecule has 2 aromatic carbocycles. The van der Waals surface area contributed by atoms with Crippen LogP contribution in [0.2, 0.25) is 5.02 Å². The molecule has 0 atom stereocenters. The maximum Gasteiger partial charge on any atom is 0.223 e. The maximum absolute atomic E-state index is 13.5. The van der Waals surface area contributed by atoms with Crippen molar-refractivity contribution in [3.05, 3.63) is 70.4 Å². The van der Waals surface area contributed by atoms with Crippen molar-refractivity contribution < 1.29 is 23.3 Å². The summed E-state index contributed by atoms with van der Waals surface area (Å²) in [4.78, 5) is 26.0. The Morgan fingerprint density at radius 1 is 1.09 bits per heavy atom. The van der Waals surface area contributed by atoms with E-state index in [0.717, 1.165) is 19.3 Å². The van der Waals surface area contributed by atoms with Gasteiger partial charge < -0.3 is 9.47 Å². The minimum absolute atomic E-state index is 0.0535. The molecule has 184 valence electrons. The molecule has 1 aliphatic heterocycles. The number of ketones is 2. The second kappa shape index (κ2) is 10.6. The number of halogens is 1. The van der Waals surface area contributed by atoms with Gasteiger partial charge in [0.2, 0.25) is 11.7 Å². The molecule has 2 heterocycles. The highest BCUT2D eigenvalue weighted by Crippen LogP contribution is 2.40. The fourth-order valence-electron chi connectivity index (χ4n) is 3.90. The molecule has 0 N–H and O–H groups in total. The van der Waals surface area contributed by atoms with E-state index in [9.17, 15) is 13.8 Å². The predicted molar refractivity (Wildman–Crippen MR) is 135 cm³/mol. The van der Waals surface area contributed by atoms with Gasteiger partial charge in [0.25, 0.3) is 0 Å². The largest absolute Gasteiger partial charge is 0.494 e. The van der Waals surface area contributed by atoms with E-state index in [2.05, 4.69) is 9.46 Å². The number of benzene rings is 2. The summed E-state index contributed by atoms with van der Waals surface area (Å²) < 4.78 is 30.2. The van der Waals surface area contributed by atoms with Crippen LogP contribution < -0.4 is 9.47 Å². The van der Waals surface area contributed by atoms with Crippen molar-refractivity contribution in [1.82, 2.24) is 9.78 Å². The summed E-state index contributed by atoms with van der Waals surface area (Å²) in [6.45, 7) is -0.261. The van der Waals surface area contributed by atoms with Crippen LogP contribution in [0.5, 0.6) is 11.6 Å². The lowest BCUT2D eigenvalue weighted by Crippen LogP contribution is -2.16. The Labute approximate surface area is 209 Å². The zero-order valence-corrected chi connectivity index (χ0v) is 21.1. The average Bonchev–Trinajstić information content (AvgIpc) is 3.24. The van der Waals surface area contributed by atoms with Crippen molar-refractivity contribution in [3.63, 3.8) is 0 Å². The van der Waals surface area contributed by atoms with Gasteiger partial charge in [-0.1, -0.05) is 48.4 Å². The van der Waals surface area contributed by atoms with Crippen molar-refractivity contribution in [2.24, 2.45) is 11.4 Å². The molecule has 0 amide bonds. The lowest BCUT2D eigenvalue weighted by atomic mass is 10.0. The Hall–Kier alpha value is -3.17. The highest BCUT2D eigenvalue weighted by Gasteiger charge is 2.26. The van der Waals surface area contributed by atoms with Gasteiger partial charge in [0.05, 0.1) is 28.1 Å². The zero-order valence-electron chi connectivity index (χ0n) is 19.5. The van der Waals surface area contributed by atoms with Gasteiger partial charge in [-0.2, -0.15) is 9.46 Å². The standard InChI is InChI=1S/C25H26ClN3O5S/c1-29-25(34-16-20(30)17-9-5-3-6-10-17)19(15-27-29)24(31)18-11-12-21(33-2)23(22(18)26)28-35(32)13-7-4-8-14-35/h3,5-6,9-12,15H,4,7-8,13-14,16H2,1-2H3. The summed E-state index contributed by atoms with van der Waals surface area (Å²) in [6.07, 6.45) is 4.05. The summed E-state index contributed by atoms with van der Waals surface area (Å²) >= 11 is 6.64. The summed E-state index contributed by atoms with van der Waals surface area (Å²) in [5.74, 6) is 0.772. The van der Waals surface area contributed by atoms with Gasteiger partial charge in [-0.15, -0.1) is 0 Å². The molecule has 0 radical (unpaired) electrons. The molecule has 0 bridgehead atoms. The first-order chi connectivity index (χ1) is 16.8. The van der Waals surface area contributed by atoms with Crippen LogP contribution in [0.4, 0.5) is 5.69 Å². The molecule has 0 aliphatic carbocycles. The smallest absolute Gasteiger partial charge is 0.223 e. The number of hydrogen-bond donors (Lipinski definition) is 0. The zero-order chi connectivity index (χ0) is 25.0. The van der Waals surface area contributed by atoms with E-state index >= 15 is 0 Å². The molecule has 1 saturated heterocycles. The van der Waals surface area contributed by atoms with Gasteiger partial charge in [0, 0.05) is 29.7 Å². The number of ether oxygens (including phenoxy) is 2. The van der Waals surface area contributed by atoms with E-state index < -0.39 is 15.5 Å². The second-order valence-corrected chi connectivity index (χ2v) is 11.1. The average molecular weight is 516 g/mol. The lowest BCUT2D eigenvalue weighted by Gasteiger charge is -2.17. The fraction of sp³-hybridized carbons (Fsp3) is 0.320. The van der Waals surface area contributed by atoms with Gasteiger partial charge in [-0.05, 0) is 25.0 Å². The minimum Gasteiger partial charge on any atom is -0.494 e. The molecule has 1 aromatic heterocycles. The Bertz CT molecular complexity index is 1370. The van der Waals surface area contributed by atoms with Crippen LogP contribution in [0.25, 0.3) is 0 Å². The SMILES string of the molecule is COc1ccc(C(=O)c2cnn(C)c2OCC(=O)c2ccccc2)c(Cl)c1N=S1(=O)CCCCC1. The third-order valence-electron chi connectivity index (χ3n) is 5.79. The molecule has 10 heteroatoms.